The Balaban J connectivity index is 1.91. The van der Waals surface area contributed by atoms with Crippen LogP contribution in [0.5, 0.6) is 5.75 Å². The molecule has 1 aromatic rings. The van der Waals surface area contributed by atoms with Gasteiger partial charge in [-0.05, 0) is 18.2 Å². The fourth-order valence-electron chi connectivity index (χ4n) is 2.74. The normalized spacial score (nSPS) is 20.0. The zero-order valence-electron chi connectivity index (χ0n) is 13.5. The minimum Gasteiger partial charge on any atom is -0.493 e. The number of alkyl halides is 3. The van der Waals surface area contributed by atoms with Gasteiger partial charge in [-0.25, -0.2) is 0 Å². The van der Waals surface area contributed by atoms with E-state index in [0.29, 0.717) is 0 Å². The second kappa shape index (κ2) is 7.63. The molecule has 0 aromatic heterocycles. The molecule has 7 nitrogen and oxygen atoms in total. The van der Waals surface area contributed by atoms with E-state index in [2.05, 4.69) is 0 Å². The van der Waals surface area contributed by atoms with Crippen LogP contribution in [-0.4, -0.2) is 53.7 Å². The van der Waals surface area contributed by atoms with E-state index in [4.69, 9.17) is 15.6 Å². The molecule has 0 saturated carbocycles. The van der Waals surface area contributed by atoms with E-state index < -0.39 is 48.9 Å². The summed E-state index contributed by atoms with van der Waals surface area (Å²) in [5, 5.41) is 8.94. The monoisotopic (exact) mass is 374 g/mol. The number of primary amides is 1. The highest BCUT2D eigenvalue weighted by Gasteiger charge is 2.53. The van der Waals surface area contributed by atoms with Crippen molar-refractivity contribution in [2.24, 2.45) is 17.6 Å². The molecule has 0 bridgehead atoms. The molecule has 2 amide bonds. The molecule has 2 rings (SSSR count). The van der Waals surface area contributed by atoms with Crippen molar-refractivity contribution in [1.82, 2.24) is 4.90 Å². The Morgan fingerprint density at radius 2 is 1.96 bits per heavy atom. The Morgan fingerprint density at radius 1 is 1.27 bits per heavy atom. The fourth-order valence-corrected chi connectivity index (χ4v) is 2.74. The van der Waals surface area contributed by atoms with Crippen LogP contribution in [0.4, 0.5) is 13.2 Å². The summed E-state index contributed by atoms with van der Waals surface area (Å²) in [6.45, 7) is -1.31. The first-order chi connectivity index (χ1) is 12.1. The van der Waals surface area contributed by atoms with Gasteiger partial charge in [-0.2, -0.15) is 13.2 Å². The molecule has 1 saturated heterocycles. The van der Waals surface area contributed by atoms with Gasteiger partial charge >= 0.3 is 12.1 Å². The molecule has 26 heavy (non-hydrogen) atoms. The topological polar surface area (TPSA) is 110 Å². The van der Waals surface area contributed by atoms with E-state index in [1.165, 1.54) is 24.3 Å². The first-order valence-corrected chi connectivity index (χ1v) is 7.69. The number of aliphatic carboxylic acids is 1. The zero-order chi connectivity index (χ0) is 19.5. The summed E-state index contributed by atoms with van der Waals surface area (Å²) in [7, 11) is 0. The van der Waals surface area contributed by atoms with Gasteiger partial charge in [0.1, 0.15) is 5.75 Å². The van der Waals surface area contributed by atoms with Crippen LogP contribution in [-0.2, 0) is 9.59 Å². The molecule has 2 atom stereocenters. The lowest BCUT2D eigenvalue weighted by atomic mass is 9.96. The van der Waals surface area contributed by atoms with Crippen molar-refractivity contribution in [1.29, 1.82) is 0 Å². The van der Waals surface area contributed by atoms with Crippen molar-refractivity contribution in [3.05, 3.63) is 29.8 Å². The Labute approximate surface area is 146 Å². The molecule has 0 spiro atoms. The Morgan fingerprint density at radius 3 is 2.50 bits per heavy atom. The van der Waals surface area contributed by atoms with Gasteiger partial charge in [-0.1, -0.05) is 6.07 Å². The summed E-state index contributed by atoms with van der Waals surface area (Å²) in [5.74, 6) is -6.34. The van der Waals surface area contributed by atoms with E-state index in [9.17, 15) is 27.6 Å². The fraction of sp³-hybridized carbons (Fsp3) is 0.438. The quantitative estimate of drug-likeness (QED) is 0.779. The summed E-state index contributed by atoms with van der Waals surface area (Å²) in [6.07, 6.45) is -4.92. The average Bonchev–Trinajstić information content (AvgIpc) is 3.01. The largest absolute Gasteiger partial charge is 0.493 e. The summed E-state index contributed by atoms with van der Waals surface area (Å²) in [4.78, 5) is 35.0. The molecule has 1 aliphatic heterocycles. The van der Waals surface area contributed by atoms with Crippen LogP contribution in [0, 0.1) is 11.8 Å². The van der Waals surface area contributed by atoms with Gasteiger partial charge in [0.2, 0.25) is 11.8 Å². The second-order valence-corrected chi connectivity index (χ2v) is 5.88. The first kappa shape index (κ1) is 19.5. The van der Waals surface area contributed by atoms with E-state index in [-0.39, 0.29) is 24.3 Å². The summed E-state index contributed by atoms with van der Waals surface area (Å²) >= 11 is 0. The summed E-state index contributed by atoms with van der Waals surface area (Å²) < 4.78 is 44.1. The number of rotatable bonds is 6. The van der Waals surface area contributed by atoms with Gasteiger partial charge in [0.05, 0.1) is 24.9 Å². The minimum atomic E-state index is -4.69. The molecule has 1 fully saturated rings. The third kappa shape index (κ3) is 4.64. The molecule has 0 aliphatic carbocycles. The Kier molecular flexibility index (Phi) is 5.73. The molecule has 0 unspecified atom stereocenters. The lowest BCUT2D eigenvalue weighted by molar-refractivity contribution is -0.188. The molecular weight excluding hydrogens is 357 g/mol. The SMILES string of the molecule is NC(=O)c1cccc(OCCC(=O)N2C[C@@H](C(F)(F)F)[C@H](C(=O)O)C2)c1. The van der Waals surface area contributed by atoms with Crippen molar-refractivity contribution in [3.63, 3.8) is 0 Å². The molecule has 1 aromatic carbocycles. The van der Waals surface area contributed by atoms with Gasteiger partial charge in [0.25, 0.3) is 0 Å². The first-order valence-electron chi connectivity index (χ1n) is 7.69. The van der Waals surface area contributed by atoms with Gasteiger partial charge in [-0.3, -0.25) is 14.4 Å². The molecule has 1 heterocycles. The van der Waals surface area contributed by atoms with Crippen molar-refractivity contribution in [3.8, 4) is 5.75 Å². The second-order valence-electron chi connectivity index (χ2n) is 5.88. The molecule has 10 heteroatoms. The maximum absolute atomic E-state index is 12.9. The van der Waals surface area contributed by atoms with Gasteiger partial charge in [-0.15, -0.1) is 0 Å². The Bertz CT molecular complexity index is 707. The van der Waals surface area contributed by atoms with Crippen LogP contribution < -0.4 is 10.5 Å². The van der Waals surface area contributed by atoms with Gasteiger partial charge < -0.3 is 20.5 Å². The van der Waals surface area contributed by atoms with Crippen molar-refractivity contribution >= 4 is 17.8 Å². The zero-order valence-corrected chi connectivity index (χ0v) is 13.5. The number of halogens is 3. The molecule has 0 radical (unpaired) electrons. The lowest BCUT2D eigenvalue weighted by Crippen LogP contribution is -2.34. The number of nitrogens with zero attached hydrogens (tertiary/aromatic N) is 1. The number of nitrogens with two attached hydrogens (primary N) is 1. The van der Waals surface area contributed by atoms with Crippen molar-refractivity contribution in [2.75, 3.05) is 19.7 Å². The van der Waals surface area contributed by atoms with E-state index in [1.807, 2.05) is 0 Å². The van der Waals surface area contributed by atoms with Crippen LogP contribution in [0.2, 0.25) is 0 Å². The number of carbonyl (C=O) groups is 3. The number of ether oxygens (including phenoxy) is 1. The van der Waals surface area contributed by atoms with Crippen LogP contribution >= 0.6 is 0 Å². The van der Waals surface area contributed by atoms with Crippen molar-refractivity contribution < 1.29 is 37.4 Å². The highest BCUT2D eigenvalue weighted by molar-refractivity contribution is 5.93. The number of amides is 2. The number of carboxylic acids is 1. The van der Waals surface area contributed by atoms with Crippen molar-refractivity contribution in [2.45, 2.75) is 12.6 Å². The third-order valence-corrected chi connectivity index (χ3v) is 4.11. The number of carbonyl (C=O) groups excluding carboxylic acids is 2. The molecule has 142 valence electrons. The maximum Gasteiger partial charge on any atom is 0.394 e. The standard InChI is InChI=1S/C16H17F3N2O5/c17-16(18,19)12-8-21(7-11(12)15(24)25)13(22)4-5-26-10-3-1-2-9(6-10)14(20)23/h1-3,6,11-12H,4-5,7-8H2,(H2,20,23)(H,24,25)/t11-,12-/m1/s1. The van der Waals surface area contributed by atoms with E-state index in [0.717, 1.165) is 4.90 Å². The number of likely N-dealkylation sites (tertiary alicyclic amines) is 1. The maximum atomic E-state index is 12.9. The predicted molar refractivity (Wildman–Crippen MR) is 82.3 cm³/mol. The van der Waals surface area contributed by atoms with E-state index in [1.54, 1.807) is 0 Å². The molecular formula is C16H17F3N2O5. The minimum absolute atomic E-state index is 0.133. The smallest absolute Gasteiger partial charge is 0.394 e. The number of hydrogen-bond donors (Lipinski definition) is 2. The van der Waals surface area contributed by atoms with Crippen LogP contribution in [0.1, 0.15) is 16.8 Å². The van der Waals surface area contributed by atoms with Gasteiger partial charge in [0, 0.05) is 18.7 Å². The van der Waals surface area contributed by atoms with E-state index >= 15 is 0 Å². The number of hydrogen-bond acceptors (Lipinski definition) is 4. The average molecular weight is 374 g/mol. The third-order valence-electron chi connectivity index (χ3n) is 4.11. The molecule has 1 aliphatic rings. The van der Waals surface area contributed by atoms with Crippen LogP contribution in [0.15, 0.2) is 24.3 Å². The summed E-state index contributed by atoms with van der Waals surface area (Å²) in [6, 6.07) is 5.92. The van der Waals surface area contributed by atoms with Crippen LogP contribution in [0.25, 0.3) is 0 Å². The number of benzene rings is 1. The van der Waals surface area contributed by atoms with Crippen LogP contribution in [0.3, 0.4) is 0 Å². The highest BCUT2D eigenvalue weighted by Crippen LogP contribution is 2.37. The molecule has 3 N–H and O–H groups in total. The predicted octanol–water partition coefficient (Wildman–Crippen LogP) is 1.28. The summed E-state index contributed by atoms with van der Waals surface area (Å²) in [5.41, 5.74) is 5.35. The van der Waals surface area contributed by atoms with Gasteiger partial charge in [0.15, 0.2) is 0 Å². The number of carboxylic acid groups (broad SMARTS) is 1. The highest BCUT2D eigenvalue weighted by atomic mass is 19.4. The lowest BCUT2D eigenvalue weighted by Gasteiger charge is -2.18. The Hall–Kier alpha value is -2.78.